The van der Waals surface area contributed by atoms with Gasteiger partial charge in [0.15, 0.2) is 5.11 Å². The van der Waals surface area contributed by atoms with Crippen LogP contribution >= 0.6 is 12.2 Å². The second-order valence-corrected chi connectivity index (χ2v) is 6.35. The normalized spacial score (nSPS) is 17.1. The summed E-state index contributed by atoms with van der Waals surface area (Å²) in [5.41, 5.74) is 3.69. The largest absolute Gasteiger partial charge is 0.360 e. The molecule has 0 saturated heterocycles. The van der Waals surface area contributed by atoms with E-state index in [0.29, 0.717) is 6.04 Å². The second kappa shape index (κ2) is 7.63. The number of nitrogens with one attached hydrogen (secondary N) is 2. The van der Waals surface area contributed by atoms with Gasteiger partial charge in [-0.25, -0.2) is 0 Å². The molecule has 0 heterocycles. The Balaban J connectivity index is 1.85. The van der Waals surface area contributed by atoms with Crippen molar-refractivity contribution in [1.29, 1.82) is 0 Å². The van der Waals surface area contributed by atoms with Gasteiger partial charge in [0.05, 0.1) is 0 Å². The summed E-state index contributed by atoms with van der Waals surface area (Å²) in [6, 6.07) is 6.92. The van der Waals surface area contributed by atoms with Gasteiger partial charge >= 0.3 is 0 Å². The van der Waals surface area contributed by atoms with Crippen LogP contribution < -0.4 is 10.6 Å². The topological polar surface area (TPSA) is 24.1 Å². The molecule has 1 fully saturated rings. The first-order valence-corrected chi connectivity index (χ1v) is 8.21. The van der Waals surface area contributed by atoms with E-state index in [1.807, 2.05) is 0 Å². The molecule has 110 valence electrons. The molecule has 1 aliphatic rings. The number of aryl methyl sites for hydroxylation is 2. The van der Waals surface area contributed by atoms with Crippen molar-refractivity contribution in [3.63, 3.8) is 0 Å². The molecule has 20 heavy (non-hydrogen) atoms. The summed E-state index contributed by atoms with van der Waals surface area (Å²) < 4.78 is 0. The van der Waals surface area contributed by atoms with Crippen molar-refractivity contribution in [2.24, 2.45) is 0 Å². The zero-order chi connectivity index (χ0) is 14.4. The highest BCUT2D eigenvalue weighted by molar-refractivity contribution is 7.80. The van der Waals surface area contributed by atoms with Gasteiger partial charge in [-0.15, -0.1) is 0 Å². The minimum absolute atomic E-state index is 0.543. The van der Waals surface area contributed by atoms with Crippen LogP contribution in [0.5, 0.6) is 0 Å². The molecule has 0 aromatic heterocycles. The van der Waals surface area contributed by atoms with Crippen molar-refractivity contribution in [3.05, 3.63) is 29.3 Å². The van der Waals surface area contributed by atoms with E-state index in [0.717, 1.165) is 10.8 Å². The van der Waals surface area contributed by atoms with Crippen LogP contribution in [0.4, 0.5) is 5.69 Å². The minimum atomic E-state index is 0.543. The van der Waals surface area contributed by atoms with E-state index in [1.165, 1.54) is 56.1 Å². The monoisotopic (exact) mass is 290 g/mol. The average molecular weight is 290 g/mol. The lowest BCUT2D eigenvalue weighted by atomic mass is 9.97. The van der Waals surface area contributed by atoms with E-state index in [9.17, 15) is 0 Å². The van der Waals surface area contributed by atoms with Gasteiger partial charge in [-0.3, -0.25) is 0 Å². The van der Waals surface area contributed by atoms with Crippen molar-refractivity contribution in [2.75, 3.05) is 5.32 Å². The van der Waals surface area contributed by atoms with Crippen LogP contribution in [0, 0.1) is 13.8 Å². The number of anilines is 1. The molecule has 0 amide bonds. The maximum atomic E-state index is 5.45. The Bertz CT molecular complexity index is 448. The van der Waals surface area contributed by atoms with Gasteiger partial charge in [0.1, 0.15) is 0 Å². The summed E-state index contributed by atoms with van der Waals surface area (Å²) in [6.45, 7) is 4.26. The van der Waals surface area contributed by atoms with Gasteiger partial charge in [-0.05, 0) is 62.2 Å². The molecule has 1 saturated carbocycles. The third kappa shape index (κ3) is 4.78. The molecule has 0 bridgehead atoms. The SMILES string of the molecule is Cc1ccc(NC(=S)NC2CCCCCCC2)cc1C. The number of hydrogen-bond acceptors (Lipinski definition) is 1. The lowest BCUT2D eigenvalue weighted by Gasteiger charge is -2.23. The Morgan fingerprint density at radius 2 is 1.65 bits per heavy atom. The van der Waals surface area contributed by atoms with Crippen molar-refractivity contribution in [3.8, 4) is 0 Å². The molecule has 0 radical (unpaired) electrons. The number of thiocarbonyl (C=S) groups is 1. The third-order valence-electron chi connectivity index (χ3n) is 4.21. The molecular formula is C17H26N2S. The standard InChI is InChI=1S/C17H26N2S/c1-13-10-11-16(12-14(13)2)19-17(20)18-15-8-6-4-3-5-7-9-15/h10-12,15H,3-9H2,1-2H3,(H2,18,19,20). The van der Waals surface area contributed by atoms with Crippen LogP contribution in [-0.2, 0) is 0 Å². The molecule has 2 nitrogen and oxygen atoms in total. The van der Waals surface area contributed by atoms with E-state index >= 15 is 0 Å². The van der Waals surface area contributed by atoms with Gasteiger partial charge in [-0.1, -0.05) is 38.2 Å². The third-order valence-corrected chi connectivity index (χ3v) is 4.43. The summed E-state index contributed by atoms with van der Waals surface area (Å²) in [4.78, 5) is 0. The molecular weight excluding hydrogens is 264 g/mol. The Kier molecular flexibility index (Phi) is 5.84. The van der Waals surface area contributed by atoms with Gasteiger partial charge in [0.25, 0.3) is 0 Å². The maximum absolute atomic E-state index is 5.45. The summed E-state index contributed by atoms with van der Waals surface area (Å²) in [6.07, 6.45) is 9.28. The Labute approximate surface area is 128 Å². The zero-order valence-electron chi connectivity index (χ0n) is 12.7. The molecule has 1 aromatic carbocycles. The highest BCUT2D eigenvalue weighted by atomic mass is 32.1. The molecule has 2 N–H and O–H groups in total. The van der Waals surface area contributed by atoms with E-state index in [-0.39, 0.29) is 0 Å². The summed E-state index contributed by atoms with van der Waals surface area (Å²) in [5, 5.41) is 7.57. The summed E-state index contributed by atoms with van der Waals surface area (Å²) >= 11 is 5.45. The zero-order valence-corrected chi connectivity index (χ0v) is 13.5. The first kappa shape index (κ1) is 15.3. The molecule has 1 aliphatic carbocycles. The Hall–Kier alpha value is -1.09. The fourth-order valence-corrected chi connectivity index (χ4v) is 3.06. The smallest absolute Gasteiger partial charge is 0.170 e. The van der Waals surface area contributed by atoms with Crippen LogP contribution in [0.2, 0.25) is 0 Å². The summed E-state index contributed by atoms with van der Waals surface area (Å²) in [7, 11) is 0. The predicted molar refractivity (Wildman–Crippen MR) is 91.4 cm³/mol. The van der Waals surface area contributed by atoms with E-state index in [1.54, 1.807) is 0 Å². The molecule has 1 aromatic rings. The van der Waals surface area contributed by atoms with Crippen molar-refractivity contribution in [1.82, 2.24) is 5.32 Å². The predicted octanol–water partition coefficient (Wildman–Crippen LogP) is 4.70. The first-order chi connectivity index (χ1) is 9.65. The number of hydrogen-bond donors (Lipinski definition) is 2. The lowest BCUT2D eigenvalue weighted by molar-refractivity contribution is 0.430. The fourth-order valence-electron chi connectivity index (χ4n) is 2.77. The molecule has 3 heteroatoms. The first-order valence-electron chi connectivity index (χ1n) is 7.80. The Morgan fingerprint density at radius 3 is 2.30 bits per heavy atom. The second-order valence-electron chi connectivity index (χ2n) is 5.94. The fraction of sp³-hybridized carbons (Fsp3) is 0.588. The summed E-state index contributed by atoms with van der Waals surface area (Å²) in [5.74, 6) is 0. The molecule has 0 atom stereocenters. The van der Waals surface area contributed by atoms with Gasteiger partial charge in [0.2, 0.25) is 0 Å². The van der Waals surface area contributed by atoms with Crippen LogP contribution in [0.1, 0.15) is 56.1 Å². The molecule has 0 unspecified atom stereocenters. The van der Waals surface area contributed by atoms with Gasteiger partial charge in [-0.2, -0.15) is 0 Å². The molecule has 0 aliphatic heterocycles. The van der Waals surface area contributed by atoms with Crippen molar-refractivity contribution >= 4 is 23.0 Å². The highest BCUT2D eigenvalue weighted by Gasteiger charge is 2.12. The minimum Gasteiger partial charge on any atom is -0.360 e. The lowest BCUT2D eigenvalue weighted by Crippen LogP contribution is -2.38. The van der Waals surface area contributed by atoms with Gasteiger partial charge in [0, 0.05) is 11.7 Å². The van der Waals surface area contributed by atoms with Crippen molar-refractivity contribution in [2.45, 2.75) is 64.8 Å². The average Bonchev–Trinajstić information content (AvgIpc) is 2.37. The number of benzene rings is 1. The molecule has 0 spiro atoms. The Morgan fingerprint density at radius 1 is 1.00 bits per heavy atom. The number of rotatable bonds is 2. The molecule has 2 rings (SSSR count). The van der Waals surface area contributed by atoms with Crippen LogP contribution in [-0.4, -0.2) is 11.2 Å². The van der Waals surface area contributed by atoms with Crippen molar-refractivity contribution < 1.29 is 0 Å². The maximum Gasteiger partial charge on any atom is 0.170 e. The van der Waals surface area contributed by atoms with E-state index in [4.69, 9.17) is 12.2 Å². The highest BCUT2D eigenvalue weighted by Crippen LogP contribution is 2.18. The van der Waals surface area contributed by atoms with Crippen LogP contribution in [0.15, 0.2) is 18.2 Å². The quantitative estimate of drug-likeness (QED) is 0.772. The van der Waals surface area contributed by atoms with E-state index < -0.39 is 0 Å². The van der Waals surface area contributed by atoms with Crippen LogP contribution in [0.25, 0.3) is 0 Å². The van der Waals surface area contributed by atoms with Gasteiger partial charge < -0.3 is 10.6 Å². The van der Waals surface area contributed by atoms with Crippen LogP contribution in [0.3, 0.4) is 0 Å². The van der Waals surface area contributed by atoms with E-state index in [2.05, 4.69) is 42.7 Å².